The van der Waals surface area contributed by atoms with Gasteiger partial charge >= 0.3 is 0 Å². The van der Waals surface area contributed by atoms with Gasteiger partial charge in [0.1, 0.15) is 0 Å². The van der Waals surface area contributed by atoms with Crippen LogP contribution in [0.1, 0.15) is 20.8 Å². The van der Waals surface area contributed by atoms with Crippen LogP contribution < -0.4 is 11.1 Å². The maximum Gasteiger partial charge on any atom is 0.0741 e. The van der Waals surface area contributed by atoms with Crippen LogP contribution in [0.3, 0.4) is 0 Å². The van der Waals surface area contributed by atoms with Gasteiger partial charge in [0.25, 0.3) is 0 Å². The fourth-order valence-corrected chi connectivity index (χ4v) is 2.71. The van der Waals surface area contributed by atoms with Crippen molar-refractivity contribution < 1.29 is 0 Å². The fourth-order valence-electron chi connectivity index (χ4n) is 0.663. The molecule has 0 aromatic rings. The van der Waals surface area contributed by atoms with Gasteiger partial charge < -0.3 is 11.1 Å². The average molecular weight is 206 g/mol. The van der Waals surface area contributed by atoms with E-state index in [1.54, 1.807) is 0 Å². The van der Waals surface area contributed by atoms with Crippen molar-refractivity contribution in [1.29, 1.82) is 0 Å². The van der Waals surface area contributed by atoms with E-state index in [9.17, 15) is 0 Å². The van der Waals surface area contributed by atoms with Crippen LogP contribution in [0.5, 0.6) is 0 Å². The van der Waals surface area contributed by atoms with Crippen molar-refractivity contribution in [1.82, 2.24) is 5.32 Å². The van der Waals surface area contributed by atoms with Gasteiger partial charge in [0, 0.05) is 18.5 Å². The lowest BCUT2D eigenvalue weighted by atomic mass is 10.7. The molecule has 0 fully saturated rings. The van der Waals surface area contributed by atoms with Gasteiger partial charge in [-0.05, 0) is 6.92 Å². The van der Waals surface area contributed by atoms with Gasteiger partial charge in [0.15, 0.2) is 0 Å². The summed E-state index contributed by atoms with van der Waals surface area (Å²) < 4.78 is 1.36. The molecular formula is C8H18N2S2. The first-order valence-corrected chi connectivity index (χ1v) is 6.15. The van der Waals surface area contributed by atoms with E-state index in [0.29, 0.717) is 5.37 Å². The molecule has 1 atom stereocenters. The lowest BCUT2D eigenvalue weighted by Crippen LogP contribution is -2.09. The lowest BCUT2D eigenvalue weighted by Gasteiger charge is -2.00. The molecule has 1 rings (SSSR count). The van der Waals surface area contributed by atoms with Crippen molar-refractivity contribution in [3.05, 3.63) is 10.4 Å². The molecule has 1 aliphatic rings. The van der Waals surface area contributed by atoms with Crippen molar-refractivity contribution in [3.63, 3.8) is 0 Å². The second kappa shape index (κ2) is 7.83. The monoisotopic (exact) mass is 206 g/mol. The smallest absolute Gasteiger partial charge is 0.0741 e. The zero-order valence-electron chi connectivity index (χ0n) is 7.96. The number of hydrogen-bond acceptors (Lipinski definition) is 4. The van der Waals surface area contributed by atoms with Crippen molar-refractivity contribution >= 4 is 23.5 Å². The molecule has 4 heteroatoms. The van der Waals surface area contributed by atoms with Crippen molar-refractivity contribution in [2.45, 2.75) is 26.1 Å². The normalized spacial score (nSPS) is 20.7. The van der Waals surface area contributed by atoms with Gasteiger partial charge in [-0.3, -0.25) is 0 Å². The van der Waals surface area contributed by atoms with Crippen LogP contribution in [-0.2, 0) is 0 Å². The summed E-state index contributed by atoms with van der Waals surface area (Å²) in [7, 11) is 0. The Kier molecular flexibility index (Phi) is 7.96. The molecule has 0 bridgehead atoms. The summed E-state index contributed by atoms with van der Waals surface area (Å²) in [6.07, 6.45) is 2.07. The Bertz CT molecular complexity index is 137. The van der Waals surface area contributed by atoms with Crippen LogP contribution in [0.15, 0.2) is 10.4 Å². The van der Waals surface area contributed by atoms with E-state index in [-0.39, 0.29) is 0 Å². The SMILES string of the molecule is CC.CC1NC=C(SCCN)S1. The summed E-state index contributed by atoms with van der Waals surface area (Å²) in [5, 5.41) is 3.76. The van der Waals surface area contributed by atoms with Crippen LogP contribution in [0.25, 0.3) is 0 Å². The van der Waals surface area contributed by atoms with Gasteiger partial charge in [-0.15, -0.1) is 11.8 Å². The van der Waals surface area contributed by atoms with Crippen molar-refractivity contribution in [3.8, 4) is 0 Å². The zero-order chi connectivity index (χ0) is 9.40. The predicted molar refractivity (Wildman–Crippen MR) is 61.1 cm³/mol. The third kappa shape index (κ3) is 4.95. The van der Waals surface area contributed by atoms with E-state index in [0.717, 1.165) is 12.3 Å². The summed E-state index contributed by atoms with van der Waals surface area (Å²) in [5.41, 5.74) is 5.36. The second-order valence-electron chi connectivity index (χ2n) is 2.03. The standard InChI is InChI=1S/C6H12N2S2.C2H6/c1-5-8-4-6(10-5)9-3-2-7;1-2/h4-5,8H,2-3,7H2,1H3;1-2H3. The highest BCUT2D eigenvalue weighted by atomic mass is 32.2. The van der Waals surface area contributed by atoms with E-state index >= 15 is 0 Å². The number of nitrogens with one attached hydrogen (secondary N) is 1. The molecule has 0 saturated heterocycles. The Labute approximate surface area is 83.7 Å². The first kappa shape index (κ1) is 12.2. The van der Waals surface area contributed by atoms with E-state index < -0.39 is 0 Å². The van der Waals surface area contributed by atoms with Crippen LogP contribution in [0.2, 0.25) is 0 Å². The minimum Gasteiger partial charge on any atom is -0.378 e. The Morgan fingerprint density at radius 3 is 2.75 bits per heavy atom. The lowest BCUT2D eigenvalue weighted by molar-refractivity contribution is 0.874. The Hall–Kier alpha value is 0.200. The highest BCUT2D eigenvalue weighted by molar-refractivity contribution is 8.22. The van der Waals surface area contributed by atoms with E-state index in [2.05, 4.69) is 18.4 Å². The van der Waals surface area contributed by atoms with E-state index in [1.165, 1.54) is 4.24 Å². The largest absolute Gasteiger partial charge is 0.378 e. The van der Waals surface area contributed by atoms with Gasteiger partial charge in [-0.1, -0.05) is 25.6 Å². The van der Waals surface area contributed by atoms with Gasteiger partial charge in [-0.25, -0.2) is 0 Å². The molecule has 0 saturated carbocycles. The molecule has 1 heterocycles. The summed E-state index contributed by atoms with van der Waals surface area (Å²) in [6.45, 7) is 6.91. The number of hydrogen-bond donors (Lipinski definition) is 2. The highest BCUT2D eigenvalue weighted by Gasteiger charge is 2.11. The topological polar surface area (TPSA) is 38.0 Å². The minimum absolute atomic E-state index is 0.542. The van der Waals surface area contributed by atoms with Gasteiger partial charge in [0.2, 0.25) is 0 Å². The summed E-state index contributed by atoms with van der Waals surface area (Å²) in [4.78, 5) is 0. The molecule has 0 aromatic heterocycles. The molecule has 0 aliphatic carbocycles. The van der Waals surface area contributed by atoms with E-state index in [4.69, 9.17) is 5.73 Å². The van der Waals surface area contributed by atoms with Crippen LogP contribution in [0, 0.1) is 0 Å². The number of rotatable bonds is 3. The molecular weight excluding hydrogens is 188 g/mol. The Balaban J connectivity index is 0.000000561. The molecule has 0 aromatic carbocycles. The maximum atomic E-state index is 5.36. The first-order valence-electron chi connectivity index (χ1n) is 4.28. The summed E-state index contributed by atoms with van der Waals surface area (Å²) in [6, 6.07) is 0. The minimum atomic E-state index is 0.542. The Morgan fingerprint density at radius 1 is 1.67 bits per heavy atom. The summed E-state index contributed by atoms with van der Waals surface area (Å²) >= 11 is 3.69. The van der Waals surface area contributed by atoms with Crippen molar-refractivity contribution in [2.75, 3.05) is 12.3 Å². The van der Waals surface area contributed by atoms with Crippen LogP contribution in [-0.4, -0.2) is 17.7 Å². The molecule has 1 aliphatic heterocycles. The zero-order valence-corrected chi connectivity index (χ0v) is 9.60. The van der Waals surface area contributed by atoms with Crippen LogP contribution >= 0.6 is 23.5 Å². The van der Waals surface area contributed by atoms with E-state index in [1.807, 2.05) is 37.4 Å². The molecule has 2 nitrogen and oxygen atoms in total. The van der Waals surface area contributed by atoms with Crippen LogP contribution in [0.4, 0.5) is 0 Å². The quantitative estimate of drug-likeness (QED) is 0.742. The molecule has 0 amide bonds. The molecule has 12 heavy (non-hydrogen) atoms. The fraction of sp³-hybridized carbons (Fsp3) is 0.750. The predicted octanol–water partition coefficient (Wildman–Crippen LogP) is 2.19. The molecule has 3 N–H and O–H groups in total. The maximum absolute atomic E-state index is 5.36. The average Bonchev–Trinajstić information content (AvgIpc) is 2.51. The van der Waals surface area contributed by atoms with Crippen molar-refractivity contribution in [2.24, 2.45) is 5.73 Å². The second-order valence-corrected chi connectivity index (χ2v) is 4.81. The number of nitrogens with two attached hydrogens (primary N) is 1. The molecule has 0 spiro atoms. The molecule has 72 valence electrons. The third-order valence-corrected chi connectivity index (χ3v) is 3.42. The first-order chi connectivity index (χ1) is 5.83. The van der Waals surface area contributed by atoms with Gasteiger partial charge in [0.05, 0.1) is 9.61 Å². The Morgan fingerprint density at radius 2 is 2.33 bits per heavy atom. The van der Waals surface area contributed by atoms with Gasteiger partial charge in [-0.2, -0.15) is 0 Å². The molecule has 1 unspecified atom stereocenters. The highest BCUT2D eigenvalue weighted by Crippen LogP contribution is 2.33. The number of thioether (sulfide) groups is 2. The third-order valence-electron chi connectivity index (χ3n) is 1.09. The molecule has 0 radical (unpaired) electrons. The summed E-state index contributed by atoms with van der Waals surface area (Å²) in [5.74, 6) is 1.02.